The Balaban J connectivity index is 1.89. The number of amides is 1. The number of carbonyl (C=O) groups is 1. The van der Waals surface area contributed by atoms with E-state index in [1.807, 2.05) is 30.0 Å². The maximum Gasteiger partial charge on any atom is 0.263 e. The van der Waals surface area contributed by atoms with Crippen LogP contribution in [-0.2, 0) is 10.2 Å². The third-order valence-electron chi connectivity index (χ3n) is 4.97. The number of likely N-dealkylation sites (tertiary alicyclic amines) is 1. The van der Waals surface area contributed by atoms with Crippen LogP contribution in [0.2, 0.25) is 0 Å². The number of benzene rings is 1. The van der Waals surface area contributed by atoms with Crippen LogP contribution >= 0.6 is 0 Å². The second kappa shape index (κ2) is 8.70. The topological polar surface area (TPSA) is 41.6 Å². The van der Waals surface area contributed by atoms with Crippen molar-refractivity contribution in [2.45, 2.75) is 59.0 Å². The van der Waals surface area contributed by atoms with Gasteiger partial charge in [-0.25, -0.2) is 0 Å². The lowest BCUT2D eigenvalue weighted by Gasteiger charge is -2.33. The van der Waals surface area contributed by atoms with Gasteiger partial charge in [-0.05, 0) is 61.9 Å². The predicted octanol–water partition coefficient (Wildman–Crippen LogP) is 3.60. The van der Waals surface area contributed by atoms with Crippen LogP contribution in [0.4, 0.5) is 0 Å². The van der Waals surface area contributed by atoms with Crippen LogP contribution in [0.25, 0.3) is 0 Å². The van der Waals surface area contributed by atoms with E-state index in [0.29, 0.717) is 5.92 Å². The van der Waals surface area contributed by atoms with E-state index in [1.165, 1.54) is 5.56 Å². The molecule has 1 aliphatic heterocycles. The fraction of sp³-hybridized carbons (Fsp3) is 0.667. The minimum absolute atomic E-state index is 0.0705. The normalized spacial score (nSPS) is 17.4. The number of rotatable bonds is 6. The number of nitrogens with one attached hydrogen (secondary N) is 1. The molecule has 2 rings (SSSR count). The van der Waals surface area contributed by atoms with Gasteiger partial charge in [0.15, 0.2) is 6.10 Å². The molecule has 1 heterocycles. The average molecular weight is 347 g/mol. The highest BCUT2D eigenvalue weighted by molar-refractivity contribution is 5.81. The Morgan fingerprint density at radius 1 is 1.32 bits per heavy atom. The summed E-state index contributed by atoms with van der Waals surface area (Å²) in [4.78, 5) is 14.6. The summed E-state index contributed by atoms with van der Waals surface area (Å²) in [5.41, 5.74) is 1.29. The second-order valence-corrected chi connectivity index (χ2v) is 8.11. The van der Waals surface area contributed by atoms with E-state index in [0.717, 1.165) is 44.8 Å². The van der Waals surface area contributed by atoms with Gasteiger partial charge in [0.05, 0.1) is 0 Å². The van der Waals surface area contributed by atoms with E-state index in [4.69, 9.17) is 4.74 Å². The maximum absolute atomic E-state index is 12.7. The lowest BCUT2D eigenvalue weighted by Crippen LogP contribution is -2.45. The fourth-order valence-electron chi connectivity index (χ4n) is 3.25. The summed E-state index contributed by atoms with van der Waals surface area (Å²) in [7, 11) is 0. The van der Waals surface area contributed by atoms with Crippen molar-refractivity contribution in [1.29, 1.82) is 0 Å². The molecule has 0 bridgehead atoms. The van der Waals surface area contributed by atoms with E-state index >= 15 is 0 Å². The lowest BCUT2D eigenvalue weighted by atomic mass is 9.87. The van der Waals surface area contributed by atoms with E-state index in [2.05, 4.69) is 39.1 Å². The maximum atomic E-state index is 12.7. The van der Waals surface area contributed by atoms with E-state index < -0.39 is 6.10 Å². The SMILES string of the molecule is CCNCC1CCN(C(=O)C(C)Oc2cccc(C(C)(C)C)c2)CC1. The molecule has 1 atom stereocenters. The van der Waals surface area contributed by atoms with Crippen LogP contribution in [0.5, 0.6) is 5.75 Å². The monoisotopic (exact) mass is 346 g/mol. The molecule has 1 saturated heterocycles. The molecule has 1 fully saturated rings. The fourth-order valence-corrected chi connectivity index (χ4v) is 3.25. The molecule has 1 N–H and O–H groups in total. The largest absolute Gasteiger partial charge is 0.481 e. The van der Waals surface area contributed by atoms with Crippen LogP contribution < -0.4 is 10.1 Å². The Morgan fingerprint density at radius 2 is 2.00 bits per heavy atom. The summed E-state index contributed by atoms with van der Waals surface area (Å²) in [6, 6.07) is 8.09. The summed E-state index contributed by atoms with van der Waals surface area (Å²) >= 11 is 0. The molecule has 0 aliphatic carbocycles. The zero-order chi connectivity index (χ0) is 18.4. The van der Waals surface area contributed by atoms with Crippen molar-refractivity contribution in [3.8, 4) is 5.75 Å². The zero-order valence-corrected chi connectivity index (χ0v) is 16.5. The van der Waals surface area contributed by atoms with Crippen molar-refractivity contribution in [2.75, 3.05) is 26.2 Å². The van der Waals surface area contributed by atoms with Crippen LogP contribution in [0.3, 0.4) is 0 Å². The van der Waals surface area contributed by atoms with Gasteiger partial charge in [0, 0.05) is 13.1 Å². The van der Waals surface area contributed by atoms with Crippen molar-refractivity contribution in [3.63, 3.8) is 0 Å². The smallest absolute Gasteiger partial charge is 0.263 e. The third kappa shape index (κ3) is 5.74. The molecule has 0 spiro atoms. The van der Waals surface area contributed by atoms with Crippen LogP contribution in [-0.4, -0.2) is 43.1 Å². The molecule has 1 amide bonds. The van der Waals surface area contributed by atoms with Gasteiger partial charge < -0.3 is 15.0 Å². The van der Waals surface area contributed by atoms with Gasteiger partial charge in [-0.15, -0.1) is 0 Å². The Bertz CT molecular complexity index is 557. The van der Waals surface area contributed by atoms with Crippen molar-refractivity contribution >= 4 is 5.91 Å². The molecular weight excluding hydrogens is 312 g/mol. The molecule has 140 valence electrons. The number of piperidine rings is 1. The number of ether oxygens (including phenoxy) is 1. The molecule has 1 unspecified atom stereocenters. The number of nitrogens with zero attached hydrogens (tertiary/aromatic N) is 1. The summed E-state index contributed by atoms with van der Waals surface area (Å²) in [6.07, 6.45) is 1.70. The Hall–Kier alpha value is -1.55. The quantitative estimate of drug-likeness (QED) is 0.856. The van der Waals surface area contributed by atoms with Gasteiger partial charge in [0.2, 0.25) is 0 Å². The Morgan fingerprint density at radius 3 is 2.60 bits per heavy atom. The zero-order valence-electron chi connectivity index (χ0n) is 16.5. The van der Waals surface area contributed by atoms with Crippen molar-refractivity contribution < 1.29 is 9.53 Å². The third-order valence-corrected chi connectivity index (χ3v) is 4.97. The number of carbonyl (C=O) groups excluding carboxylic acids is 1. The highest BCUT2D eigenvalue weighted by atomic mass is 16.5. The molecule has 1 aromatic rings. The average Bonchev–Trinajstić information content (AvgIpc) is 2.59. The lowest BCUT2D eigenvalue weighted by molar-refractivity contribution is -0.139. The highest BCUT2D eigenvalue weighted by Gasteiger charge is 2.27. The van der Waals surface area contributed by atoms with Crippen LogP contribution in [0.15, 0.2) is 24.3 Å². The number of hydrogen-bond acceptors (Lipinski definition) is 3. The van der Waals surface area contributed by atoms with Crippen molar-refractivity contribution in [2.24, 2.45) is 5.92 Å². The summed E-state index contributed by atoms with van der Waals surface area (Å²) in [5.74, 6) is 1.56. The minimum atomic E-state index is -0.444. The van der Waals surface area contributed by atoms with Gasteiger partial charge in [-0.3, -0.25) is 4.79 Å². The van der Waals surface area contributed by atoms with Crippen LogP contribution in [0, 0.1) is 5.92 Å². The number of hydrogen-bond donors (Lipinski definition) is 1. The molecule has 0 aromatic heterocycles. The first-order chi connectivity index (χ1) is 11.8. The molecule has 4 heteroatoms. The predicted molar refractivity (Wildman–Crippen MR) is 103 cm³/mol. The second-order valence-electron chi connectivity index (χ2n) is 8.11. The van der Waals surface area contributed by atoms with Gasteiger partial charge in [0.1, 0.15) is 5.75 Å². The molecule has 0 radical (unpaired) electrons. The van der Waals surface area contributed by atoms with Gasteiger partial charge in [-0.1, -0.05) is 39.8 Å². The van der Waals surface area contributed by atoms with Crippen LogP contribution in [0.1, 0.15) is 53.0 Å². The first kappa shape index (κ1) is 19.8. The molecule has 4 nitrogen and oxygen atoms in total. The summed E-state index contributed by atoms with van der Waals surface area (Å²) in [5, 5.41) is 3.41. The van der Waals surface area contributed by atoms with Gasteiger partial charge in [-0.2, -0.15) is 0 Å². The molecular formula is C21H34N2O2. The van der Waals surface area contributed by atoms with Crippen molar-refractivity contribution in [1.82, 2.24) is 10.2 Å². The summed E-state index contributed by atoms with van der Waals surface area (Å²) in [6.45, 7) is 14.3. The summed E-state index contributed by atoms with van der Waals surface area (Å²) < 4.78 is 5.95. The highest BCUT2D eigenvalue weighted by Crippen LogP contribution is 2.26. The van der Waals surface area contributed by atoms with Gasteiger partial charge in [0.25, 0.3) is 5.91 Å². The molecule has 1 aromatic carbocycles. The van der Waals surface area contributed by atoms with Gasteiger partial charge >= 0.3 is 0 Å². The Labute approximate surface area is 152 Å². The van der Waals surface area contributed by atoms with E-state index in [1.54, 1.807) is 0 Å². The molecule has 0 saturated carbocycles. The Kier molecular flexibility index (Phi) is 6.88. The molecule has 25 heavy (non-hydrogen) atoms. The van der Waals surface area contributed by atoms with E-state index in [-0.39, 0.29) is 11.3 Å². The standard InChI is InChI=1S/C21H34N2O2/c1-6-22-15-17-10-12-23(13-11-17)20(24)16(2)25-19-9-7-8-18(14-19)21(3,4)5/h7-9,14,16-17,22H,6,10-13,15H2,1-5H3. The molecule has 1 aliphatic rings. The first-order valence-electron chi connectivity index (χ1n) is 9.58. The van der Waals surface area contributed by atoms with Crippen molar-refractivity contribution in [3.05, 3.63) is 29.8 Å². The van der Waals surface area contributed by atoms with E-state index in [9.17, 15) is 4.79 Å². The first-order valence-corrected chi connectivity index (χ1v) is 9.58. The minimum Gasteiger partial charge on any atom is -0.481 e.